The molecule has 0 aliphatic carbocycles. The molecule has 0 fully saturated rings. The molecular weight excluding hydrogens is 601 g/mol. The van der Waals surface area contributed by atoms with E-state index in [4.69, 9.17) is 14.5 Å². The van der Waals surface area contributed by atoms with Gasteiger partial charge < -0.3 is 24.5 Å². The van der Waals surface area contributed by atoms with Gasteiger partial charge in [0.1, 0.15) is 0 Å². The number of halogens is 3. The normalized spacial score (nSPS) is 14.1. The number of rotatable bonds is 7. The van der Waals surface area contributed by atoms with Crippen LogP contribution in [-0.2, 0) is 25.5 Å². The van der Waals surface area contributed by atoms with Crippen LogP contribution in [0.2, 0.25) is 0 Å². The van der Waals surface area contributed by atoms with Crippen LogP contribution in [0.4, 0.5) is 13.2 Å². The smallest absolute Gasteiger partial charge is 0.418 e. The SMILES string of the molecule is COC(=O)CCC1=C(C)c2cc3nc(cc4cc(C)c(cc5[nH]c(cc1n2)c(CCC(=O)OC)c5C)[nH]4)C(C)=C3[C@@H](O)C(F)(F)F. The number of carbonyl (C=O) groups excluding carboxylic acids is 2. The molecule has 242 valence electrons. The molecule has 0 saturated carbocycles. The lowest BCUT2D eigenvalue weighted by Gasteiger charge is -2.16. The number of allylic oxidation sites excluding steroid dienone is 3. The van der Waals surface area contributed by atoms with Crippen LogP contribution >= 0.6 is 0 Å². The highest BCUT2D eigenvalue weighted by molar-refractivity contribution is 5.97. The number of aliphatic hydroxyl groups excluding tert-OH is 1. The summed E-state index contributed by atoms with van der Waals surface area (Å²) < 4.78 is 51.4. The van der Waals surface area contributed by atoms with E-state index in [9.17, 15) is 27.9 Å². The van der Waals surface area contributed by atoms with Crippen LogP contribution in [0.5, 0.6) is 0 Å². The molecule has 0 radical (unpaired) electrons. The van der Waals surface area contributed by atoms with E-state index in [-0.39, 0.29) is 47.8 Å². The first-order valence-electron chi connectivity index (χ1n) is 14.7. The lowest BCUT2D eigenvalue weighted by atomic mass is 9.98. The van der Waals surface area contributed by atoms with Crippen LogP contribution < -0.4 is 0 Å². The average molecular weight is 637 g/mol. The summed E-state index contributed by atoms with van der Waals surface area (Å²) in [4.78, 5) is 40.4. The summed E-state index contributed by atoms with van der Waals surface area (Å²) in [6.07, 6.45) is -6.84. The number of carbonyl (C=O) groups is 2. The van der Waals surface area contributed by atoms with Gasteiger partial charge in [0.2, 0.25) is 0 Å². The van der Waals surface area contributed by atoms with Gasteiger partial charge in [0.15, 0.2) is 6.10 Å². The van der Waals surface area contributed by atoms with Gasteiger partial charge in [-0.1, -0.05) is 0 Å². The molecule has 5 rings (SSSR count). The molecule has 2 aliphatic heterocycles. The molecule has 0 saturated heterocycles. The number of aliphatic hydroxyl groups is 1. The second-order valence-electron chi connectivity index (χ2n) is 11.5. The summed E-state index contributed by atoms with van der Waals surface area (Å²) in [7, 11) is 2.63. The van der Waals surface area contributed by atoms with Gasteiger partial charge >= 0.3 is 18.1 Å². The molecule has 3 aromatic heterocycles. The van der Waals surface area contributed by atoms with Gasteiger partial charge in [0.25, 0.3) is 0 Å². The minimum Gasteiger partial charge on any atom is -0.469 e. The van der Waals surface area contributed by atoms with Crippen LogP contribution in [0.25, 0.3) is 44.4 Å². The molecule has 1 atom stereocenters. The van der Waals surface area contributed by atoms with Crippen LogP contribution in [0.15, 0.2) is 30.3 Å². The molecule has 0 spiro atoms. The van der Waals surface area contributed by atoms with E-state index in [0.717, 1.165) is 27.7 Å². The number of hydrogen-bond acceptors (Lipinski definition) is 7. The fourth-order valence-corrected chi connectivity index (χ4v) is 5.88. The zero-order chi connectivity index (χ0) is 33.5. The second kappa shape index (κ2) is 12.6. The predicted molar refractivity (Wildman–Crippen MR) is 169 cm³/mol. The lowest BCUT2D eigenvalue weighted by molar-refractivity contribution is -0.184. The predicted octanol–water partition coefficient (Wildman–Crippen LogP) is 6.78. The third-order valence-electron chi connectivity index (χ3n) is 8.55. The fraction of sp³-hybridized carbons (Fsp3) is 0.353. The second-order valence-corrected chi connectivity index (χ2v) is 11.5. The number of nitrogens with one attached hydrogen (secondary N) is 2. The van der Waals surface area contributed by atoms with Crippen LogP contribution in [0.1, 0.15) is 72.6 Å². The third-order valence-corrected chi connectivity index (χ3v) is 8.55. The van der Waals surface area contributed by atoms with Crippen molar-refractivity contribution in [3.05, 3.63) is 69.8 Å². The molecule has 9 nitrogen and oxygen atoms in total. The number of fused-ring (bicyclic) bond motifs is 8. The van der Waals surface area contributed by atoms with Crippen LogP contribution in [0, 0.1) is 13.8 Å². The number of alkyl halides is 3. The number of aromatic nitrogens is 4. The zero-order valence-corrected chi connectivity index (χ0v) is 26.4. The molecule has 0 aromatic carbocycles. The molecule has 5 heterocycles. The van der Waals surface area contributed by atoms with Crippen molar-refractivity contribution in [2.75, 3.05) is 14.2 Å². The van der Waals surface area contributed by atoms with Crippen molar-refractivity contribution >= 4 is 56.3 Å². The fourth-order valence-electron chi connectivity index (χ4n) is 5.88. The molecule has 3 aromatic rings. The van der Waals surface area contributed by atoms with Crippen molar-refractivity contribution in [2.24, 2.45) is 0 Å². The Morgan fingerprint density at radius 3 is 2.07 bits per heavy atom. The summed E-state index contributed by atoms with van der Waals surface area (Å²) in [6, 6.07) is 8.71. The Kier molecular flexibility index (Phi) is 8.94. The van der Waals surface area contributed by atoms with Gasteiger partial charge in [0.05, 0.1) is 37.0 Å². The van der Waals surface area contributed by atoms with Crippen molar-refractivity contribution in [2.45, 2.75) is 65.7 Å². The van der Waals surface area contributed by atoms with Crippen LogP contribution in [0.3, 0.4) is 0 Å². The van der Waals surface area contributed by atoms with Gasteiger partial charge in [-0.2, -0.15) is 13.2 Å². The topological polar surface area (TPSA) is 130 Å². The maximum absolute atomic E-state index is 13.9. The standard InChI is InChI=1S/C34H35F3N4O5/c1-16-11-20-12-24-19(4)32(33(44)34(35,36)37)29(41-24)14-26-18(3)22(8-10-31(43)46-6)28(40-26)15-27-21(7-9-30(42)45-5)17(2)25(39-27)13-23(16)38-20/h11-15,33,38-39,44H,7-10H2,1-6H3/t33-/m1/s1. The van der Waals surface area contributed by atoms with Gasteiger partial charge in [-0.25, -0.2) is 9.97 Å². The van der Waals surface area contributed by atoms with Crippen molar-refractivity contribution in [1.29, 1.82) is 0 Å². The Balaban J connectivity index is 1.88. The number of esters is 2. The van der Waals surface area contributed by atoms with E-state index in [1.165, 1.54) is 27.2 Å². The number of aryl methyl sites for hydroxylation is 3. The summed E-state index contributed by atoms with van der Waals surface area (Å²) >= 11 is 0. The Morgan fingerprint density at radius 2 is 1.41 bits per heavy atom. The average Bonchev–Trinajstić information content (AvgIpc) is 3.68. The molecule has 2 aliphatic rings. The van der Waals surface area contributed by atoms with Crippen molar-refractivity contribution < 1.29 is 37.3 Å². The Labute approximate surface area is 263 Å². The van der Waals surface area contributed by atoms with E-state index in [2.05, 4.69) is 15.0 Å². The molecule has 3 N–H and O–H groups in total. The number of hydrogen-bond donors (Lipinski definition) is 3. The van der Waals surface area contributed by atoms with Gasteiger partial charge in [-0.3, -0.25) is 9.59 Å². The number of nitrogens with zero attached hydrogens (tertiary/aromatic N) is 2. The first kappa shape index (κ1) is 32.7. The largest absolute Gasteiger partial charge is 0.469 e. The lowest BCUT2D eigenvalue weighted by Crippen LogP contribution is -2.29. The van der Waals surface area contributed by atoms with Crippen molar-refractivity contribution in [3.63, 3.8) is 0 Å². The van der Waals surface area contributed by atoms with E-state index in [1.54, 1.807) is 13.0 Å². The summed E-state index contributed by atoms with van der Waals surface area (Å²) in [5.74, 6) is -0.784. The Hall–Kier alpha value is -4.71. The number of H-pyrrole nitrogens is 2. The summed E-state index contributed by atoms with van der Waals surface area (Å²) in [6.45, 7) is 7.15. The highest BCUT2D eigenvalue weighted by atomic mass is 19.4. The highest BCUT2D eigenvalue weighted by Crippen LogP contribution is 2.40. The minimum atomic E-state index is -4.92. The number of aromatic amines is 2. The highest BCUT2D eigenvalue weighted by Gasteiger charge is 2.43. The van der Waals surface area contributed by atoms with E-state index in [1.807, 2.05) is 32.0 Å². The minimum absolute atomic E-state index is 0.0559. The van der Waals surface area contributed by atoms with Gasteiger partial charge in [-0.05, 0) is 104 Å². The maximum atomic E-state index is 13.9. The first-order valence-corrected chi connectivity index (χ1v) is 14.7. The number of methoxy groups -OCH3 is 2. The van der Waals surface area contributed by atoms with Crippen LogP contribution in [-0.4, -0.2) is 63.5 Å². The molecule has 0 amide bonds. The Morgan fingerprint density at radius 1 is 0.783 bits per heavy atom. The monoisotopic (exact) mass is 636 g/mol. The van der Waals surface area contributed by atoms with Crippen molar-refractivity contribution in [1.82, 2.24) is 19.9 Å². The molecular formula is C34H35F3N4O5. The van der Waals surface area contributed by atoms with E-state index in [0.29, 0.717) is 40.0 Å². The summed E-state index contributed by atoms with van der Waals surface area (Å²) in [5.41, 5.74) is 7.81. The van der Waals surface area contributed by atoms with E-state index >= 15 is 0 Å². The zero-order valence-electron chi connectivity index (χ0n) is 26.4. The summed E-state index contributed by atoms with van der Waals surface area (Å²) in [5, 5.41) is 10.4. The van der Waals surface area contributed by atoms with Gasteiger partial charge in [0, 0.05) is 40.5 Å². The Bertz CT molecular complexity index is 1970. The van der Waals surface area contributed by atoms with Crippen molar-refractivity contribution in [3.8, 4) is 0 Å². The maximum Gasteiger partial charge on any atom is 0.418 e. The van der Waals surface area contributed by atoms with Gasteiger partial charge in [-0.15, -0.1) is 0 Å². The molecule has 46 heavy (non-hydrogen) atoms. The third kappa shape index (κ3) is 6.34. The first-order chi connectivity index (χ1) is 21.7. The molecule has 12 heteroatoms. The molecule has 8 bridgehead atoms. The van der Waals surface area contributed by atoms with E-state index < -0.39 is 18.2 Å². The quantitative estimate of drug-likeness (QED) is 0.244. The number of ether oxygens (including phenoxy) is 2. The molecule has 0 unspecified atom stereocenters.